The van der Waals surface area contributed by atoms with E-state index >= 15 is 0 Å². The van der Waals surface area contributed by atoms with Crippen LogP contribution in [0.4, 0.5) is 11.6 Å². The van der Waals surface area contributed by atoms with Gasteiger partial charge in [0.25, 0.3) is 11.3 Å². The highest BCUT2D eigenvalue weighted by atomic mass is 35.5. The van der Waals surface area contributed by atoms with Crippen LogP contribution in [0.2, 0.25) is 5.02 Å². The van der Waals surface area contributed by atoms with Crippen LogP contribution in [0.3, 0.4) is 0 Å². The molecule has 0 aliphatic heterocycles. The van der Waals surface area contributed by atoms with E-state index in [0.717, 1.165) is 11.3 Å². The van der Waals surface area contributed by atoms with Crippen LogP contribution >= 0.6 is 22.9 Å². The average Bonchev–Trinajstić information content (AvgIpc) is 3.30. The Bertz CT molecular complexity index is 1130. The molecule has 0 amide bonds. The molecule has 4 rings (SSSR count). The van der Waals surface area contributed by atoms with E-state index in [1.54, 1.807) is 11.3 Å². The van der Waals surface area contributed by atoms with Crippen LogP contribution in [0.25, 0.3) is 5.78 Å². The first-order valence-corrected chi connectivity index (χ1v) is 9.59. The fourth-order valence-corrected chi connectivity index (χ4v) is 3.47. The van der Waals surface area contributed by atoms with Crippen LogP contribution in [0.15, 0.2) is 46.6 Å². The first-order chi connectivity index (χ1) is 13.1. The van der Waals surface area contributed by atoms with E-state index in [1.807, 2.05) is 42.6 Å². The number of rotatable bonds is 6. The lowest BCUT2D eigenvalue weighted by molar-refractivity contribution is 0.875. The minimum Gasteiger partial charge on any atom is -0.379 e. The van der Waals surface area contributed by atoms with Crippen molar-refractivity contribution in [3.05, 3.63) is 73.3 Å². The highest BCUT2D eigenvalue weighted by Gasteiger charge is 2.09. The molecule has 3 aromatic heterocycles. The fraction of sp³-hybridized carbons (Fsp3) is 0.167. The third-order valence-electron chi connectivity index (χ3n) is 4.05. The molecule has 3 heterocycles. The Kier molecular flexibility index (Phi) is 4.83. The fourth-order valence-electron chi connectivity index (χ4n) is 2.65. The molecule has 0 atom stereocenters. The summed E-state index contributed by atoms with van der Waals surface area (Å²) in [6.45, 7) is 3.02. The molecule has 0 aliphatic rings. The second kappa shape index (κ2) is 7.42. The number of aromatic amines is 1. The van der Waals surface area contributed by atoms with Crippen molar-refractivity contribution in [3.63, 3.8) is 0 Å². The molecule has 27 heavy (non-hydrogen) atoms. The third-order valence-corrected chi connectivity index (χ3v) is 5.16. The van der Waals surface area contributed by atoms with Crippen molar-refractivity contribution in [2.45, 2.75) is 20.0 Å². The van der Waals surface area contributed by atoms with Crippen molar-refractivity contribution in [1.29, 1.82) is 0 Å². The summed E-state index contributed by atoms with van der Waals surface area (Å²) in [6, 6.07) is 11.1. The van der Waals surface area contributed by atoms with Gasteiger partial charge in [-0.25, -0.2) is 4.98 Å². The number of hydrogen-bond donors (Lipinski definition) is 3. The molecule has 1 aromatic carbocycles. The number of aromatic nitrogens is 4. The largest absolute Gasteiger partial charge is 0.379 e. The molecule has 0 spiro atoms. The van der Waals surface area contributed by atoms with Gasteiger partial charge in [-0.1, -0.05) is 23.7 Å². The Morgan fingerprint density at radius 2 is 2.07 bits per heavy atom. The molecule has 0 fully saturated rings. The lowest BCUT2D eigenvalue weighted by Gasteiger charge is -2.09. The molecule has 7 nitrogen and oxygen atoms in total. The van der Waals surface area contributed by atoms with Gasteiger partial charge in [0.15, 0.2) is 0 Å². The summed E-state index contributed by atoms with van der Waals surface area (Å²) < 4.78 is 1.32. The van der Waals surface area contributed by atoms with Gasteiger partial charge in [0.2, 0.25) is 5.95 Å². The molecule has 3 N–H and O–H groups in total. The summed E-state index contributed by atoms with van der Waals surface area (Å²) in [5, 5.41) is 12.0. The van der Waals surface area contributed by atoms with Gasteiger partial charge in [-0.15, -0.1) is 11.3 Å². The zero-order valence-electron chi connectivity index (χ0n) is 14.5. The molecule has 0 aliphatic carbocycles. The van der Waals surface area contributed by atoms with Crippen LogP contribution in [0, 0.1) is 6.92 Å². The third kappa shape index (κ3) is 3.96. The van der Waals surface area contributed by atoms with Crippen molar-refractivity contribution in [2.75, 3.05) is 10.6 Å². The Morgan fingerprint density at radius 3 is 2.89 bits per heavy atom. The molecule has 4 aromatic rings. The number of H-pyrrole nitrogens is 1. The minimum atomic E-state index is -0.212. The van der Waals surface area contributed by atoms with E-state index in [2.05, 4.69) is 25.7 Å². The molecule has 0 saturated heterocycles. The summed E-state index contributed by atoms with van der Waals surface area (Å²) in [6.07, 6.45) is 0. The van der Waals surface area contributed by atoms with Crippen molar-refractivity contribution < 1.29 is 0 Å². The number of thiophene rings is 1. The van der Waals surface area contributed by atoms with Gasteiger partial charge >= 0.3 is 0 Å². The number of nitrogens with zero attached hydrogens (tertiary/aromatic N) is 3. The van der Waals surface area contributed by atoms with Gasteiger partial charge in [-0.05, 0) is 36.1 Å². The van der Waals surface area contributed by atoms with Gasteiger partial charge in [-0.3, -0.25) is 9.89 Å². The normalized spacial score (nSPS) is 11.0. The smallest absolute Gasteiger partial charge is 0.274 e. The van der Waals surface area contributed by atoms with Crippen LogP contribution in [-0.4, -0.2) is 19.6 Å². The van der Waals surface area contributed by atoms with Crippen molar-refractivity contribution in [1.82, 2.24) is 19.6 Å². The van der Waals surface area contributed by atoms with Crippen molar-refractivity contribution in [2.24, 2.45) is 0 Å². The van der Waals surface area contributed by atoms with E-state index in [0.29, 0.717) is 35.5 Å². The summed E-state index contributed by atoms with van der Waals surface area (Å²) in [4.78, 5) is 22.4. The Labute approximate surface area is 164 Å². The van der Waals surface area contributed by atoms with Gasteiger partial charge in [0.1, 0.15) is 0 Å². The number of nitrogens with one attached hydrogen (secondary N) is 3. The number of aryl methyl sites for hydroxylation is 1. The first kappa shape index (κ1) is 17.6. The van der Waals surface area contributed by atoms with Gasteiger partial charge in [-0.2, -0.15) is 9.50 Å². The first-order valence-electron chi connectivity index (χ1n) is 8.33. The zero-order valence-corrected chi connectivity index (χ0v) is 16.1. The number of hydrogen-bond acceptors (Lipinski definition) is 6. The topological polar surface area (TPSA) is 87.1 Å². The number of anilines is 2. The lowest BCUT2D eigenvalue weighted by atomic mass is 10.2. The second-order valence-corrected chi connectivity index (χ2v) is 7.51. The Balaban J connectivity index is 1.52. The maximum absolute atomic E-state index is 12.4. The Morgan fingerprint density at radius 1 is 1.19 bits per heavy atom. The molecular weight excluding hydrogens is 384 g/mol. The summed E-state index contributed by atoms with van der Waals surface area (Å²) >= 11 is 7.70. The van der Waals surface area contributed by atoms with E-state index < -0.39 is 0 Å². The number of halogens is 1. The minimum absolute atomic E-state index is 0.212. The highest BCUT2D eigenvalue weighted by Crippen LogP contribution is 2.20. The predicted octanol–water partition coefficient (Wildman–Crippen LogP) is 3.67. The molecule has 0 radical (unpaired) electrons. The van der Waals surface area contributed by atoms with Gasteiger partial charge in [0.05, 0.1) is 18.8 Å². The van der Waals surface area contributed by atoms with E-state index in [-0.39, 0.29) is 5.56 Å². The van der Waals surface area contributed by atoms with E-state index in [1.165, 1.54) is 15.5 Å². The summed E-state index contributed by atoms with van der Waals surface area (Å²) in [5.74, 6) is 0.833. The molecule has 0 saturated carbocycles. The lowest BCUT2D eigenvalue weighted by Crippen LogP contribution is -2.17. The molecule has 0 bridgehead atoms. The SMILES string of the molecule is Cc1ccc(Cl)cc1NCc1cc(=O)n2[nH]c(NCc3cccs3)nc2n1. The molecule has 0 unspecified atom stereocenters. The molecular formula is C18H17ClN6OS. The quantitative estimate of drug-likeness (QED) is 0.459. The van der Waals surface area contributed by atoms with Crippen LogP contribution in [-0.2, 0) is 13.1 Å². The van der Waals surface area contributed by atoms with Gasteiger partial charge in [0, 0.05) is 21.7 Å². The standard InChI is InChI=1S/C18H17ClN6OS/c1-11-4-5-12(19)7-15(11)20-9-13-8-16(26)25-18(22-13)23-17(24-25)21-10-14-3-2-6-27-14/h2-8,20H,9-10H2,1H3,(H2,21,22,23,24). The van der Waals surface area contributed by atoms with Gasteiger partial charge < -0.3 is 10.6 Å². The maximum atomic E-state index is 12.4. The average molecular weight is 401 g/mol. The van der Waals surface area contributed by atoms with Crippen LogP contribution in [0.1, 0.15) is 16.1 Å². The Hall–Kier alpha value is -2.84. The number of fused-ring (bicyclic) bond motifs is 1. The summed E-state index contributed by atoms with van der Waals surface area (Å²) in [7, 11) is 0. The predicted molar refractivity (Wildman–Crippen MR) is 109 cm³/mol. The molecule has 9 heteroatoms. The zero-order chi connectivity index (χ0) is 18.8. The van der Waals surface area contributed by atoms with Crippen LogP contribution in [0.5, 0.6) is 0 Å². The highest BCUT2D eigenvalue weighted by molar-refractivity contribution is 7.09. The summed E-state index contributed by atoms with van der Waals surface area (Å²) in [5.41, 5.74) is 2.37. The van der Waals surface area contributed by atoms with E-state index in [9.17, 15) is 4.79 Å². The second-order valence-electron chi connectivity index (χ2n) is 6.04. The molecule has 138 valence electrons. The van der Waals surface area contributed by atoms with Crippen molar-refractivity contribution in [3.8, 4) is 0 Å². The number of benzene rings is 1. The monoisotopic (exact) mass is 400 g/mol. The maximum Gasteiger partial charge on any atom is 0.274 e. The van der Waals surface area contributed by atoms with E-state index in [4.69, 9.17) is 11.6 Å². The van der Waals surface area contributed by atoms with Crippen LogP contribution < -0.4 is 16.2 Å². The van der Waals surface area contributed by atoms with Crippen molar-refractivity contribution >= 4 is 40.4 Å².